The van der Waals surface area contributed by atoms with E-state index in [-0.39, 0.29) is 18.2 Å². The number of aliphatic carboxylic acids is 1. The maximum absolute atomic E-state index is 12.5. The molecule has 0 saturated carbocycles. The van der Waals surface area contributed by atoms with Crippen LogP contribution in [0.1, 0.15) is 54.1 Å². The number of amides is 1. The predicted octanol–water partition coefficient (Wildman–Crippen LogP) is 4.17. The quantitative estimate of drug-likeness (QED) is 0.790. The molecular weight excluding hydrogens is 342 g/mol. The summed E-state index contributed by atoms with van der Waals surface area (Å²) in [6.45, 7) is 5.63. The van der Waals surface area contributed by atoms with Gasteiger partial charge in [-0.25, -0.2) is 0 Å². The van der Waals surface area contributed by atoms with Crippen LogP contribution >= 0.6 is 23.5 Å². The molecule has 1 aromatic rings. The van der Waals surface area contributed by atoms with Crippen LogP contribution in [0.3, 0.4) is 0 Å². The number of carboxylic acids is 1. The number of carbonyl (C=O) groups is 2. The standard InChI is InChI=1S/C18H25NO3S2/c1-12(2)18(3,11-15(20)21)19-16(22)13-5-7-14(8-6-13)17-23-9-4-10-24-17/h5-8,12,17H,4,9-11H2,1-3H3,(H,19,22)(H,20,21). The van der Waals surface area contributed by atoms with Gasteiger partial charge in [-0.05, 0) is 48.5 Å². The van der Waals surface area contributed by atoms with Crippen molar-refractivity contribution in [1.29, 1.82) is 0 Å². The first-order chi connectivity index (χ1) is 11.3. The highest BCUT2D eigenvalue weighted by molar-refractivity contribution is 8.16. The summed E-state index contributed by atoms with van der Waals surface area (Å²) in [5.41, 5.74) is 1.04. The first-order valence-electron chi connectivity index (χ1n) is 8.19. The zero-order valence-corrected chi connectivity index (χ0v) is 16.0. The molecule has 4 nitrogen and oxygen atoms in total. The van der Waals surface area contributed by atoms with Crippen molar-refractivity contribution in [3.8, 4) is 0 Å². The average Bonchev–Trinajstić information content (AvgIpc) is 2.55. The lowest BCUT2D eigenvalue weighted by Crippen LogP contribution is -2.51. The second-order valence-electron chi connectivity index (χ2n) is 6.65. The molecule has 0 aliphatic carbocycles. The summed E-state index contributed by atoms with van der Waals surface area (Å²) in [6, 6.07) is 7.69. The van der Waals surface area contributed by atoms with E-state index >= 15 is 0 Å². The smallest absolute Gasteiger partial charge is 0.305 e. The Morgan fingerprint density at radius 3 is 2.33 bits per heavy atom. The zero-order chi connectivity index (χ0) is 17.7. The molecule has 1 fully saturated rings. The van der Waals surface area contributed by atoms with E-state index in [9.17, 15) is 9.59 Å². The van der Waals surface area contributed by atoms with Crippen molar-refractivity contribution < 1.29 is 14.7 Å². The number of benzene rings is 1. The second kappa shape index (κ2) is 8.30. The van der Waals surface area contributed by atoms with Gasteiger partial charge in [-0.1, -0.05) is 26.0 Å². The van der Waals surface area contributed by atoms with Crippen molar-refractivity contribution in [2.45, 2.75) is 43.7 Å². The molecule has 0 spiro atoms. The van der Waals surface area contributed by atoms with Crippen LogP contribution in [0.4, 0.5) is 0 Å². The normalized spacial score (nSPS) is 18.2. The molecule has 1 atom stereocenters. The number of hydrogen-bond acceptors (Lipinski definition) is 4. The molecule has 1 unspecified atom stereocenters. The predicted molar refractivity (Wildman–Crippen MR) is 102 cm³/mol. The molecule has 1 aliphatic heterocycles. The zero-order valence-electron chi connectivity index (χ0n) is 14.4. The SMILES string of the molecule is CC(C)C(C)(CC(=O)O)NC(=O)c1ccc(C2SCCCS2)cc1. The van der Waals surface area contributed by atoms with Gasteiger partial charge in [0, 0.05) is 5.56 Å². The number of hydrogen-bond donors (Lipinski definition) is 2. The summed E-state index contributed by atoms with van der Waals surface area (Å²) < 4.78 is 0.448. The summed E-state index contributed by atoms with van der Waals surface area (Å²) >= 11 is 3.90. The van der Waals surface area contributed by atoms with E-state index in [1.165, 1.54) is 23.5 Å². The largest absolute Gasteiger partial charge is 0.481 e. The molecule has 1 saturated heterocycles. The van der Waals surface area contributed by atoms with E-state index in [1.807, 2.05) is 61.6 Å². The molecule has 1 amide bonds. The molecular formula is C18H25NO3S2. The van der Waals surface area contributed by atoms with Crippen LogP contribution in [-0.2, 0) is 4.79 Å². The average molecular weight is 368 g/mol. The van der Waals surface area contributed by atoms with Gasteiger partial charge in [0.25, 0.3) is 5.91 Å². The van der Waals surface area contributed by atoms with Crippen LogP contribution in [-0.4, -0.2) is 34.0 Å². The van der Waals surface area contributed by atoms with Gasteiger partial charge in [0.2, 0.25) is 0 Å². The fraction of sp³-hybridized carbons (Fsp3) is 0.556. The Morgan fingerprint density at radius 1 is 1.25 bits per heavy atom. The summed E-state index contributed by atoms with van der Waals surface area (Å²) in [6.07, 6.45) is 1.16. The Balaban J connectivity index is 2.07. The molecule has 0 radical (unpaired) electrons. The highest BCUT2D eigenvalue weighted by atomic mass is 32.2. The van der Waals surface area contributed by atoms with Crippen molar-refractivity contribution in [3.63, 3.8) is 0 Å². The van der Waals surface area contributed by atoms with Crippen molar-refractivity contribution >= 4 is 35.4 Å². The van der Waals surface area contributed by atoms with Gasteiger partial charge in [-0.2, -0.15) is 0 Å². The summed E-state index contributed by atoms with van der Waals surface area (Å²) in [7, 11) is 0. The van der Waals surface area contributed by atoms with Crippen LogP contribution < -0.4 is 5.32 Å². The third-order valence-electron chi connectivity index (χ3n) is 4.46. The van der Waals surface area contributed by atoms with Gasteiger partial charge in [-0.15, -0.1) is 23.5 Å². The molecule has 2 N–H and O–H groups in total. The Hall–Kier alpha value is -1.14. The fourth-order valence-corrected chi connectivity index (χ4v) is 5.40. The minimum atomic E-state index is -0.909. The second-order valence-corrected chi connectivity index (χ2v) is 9.37. The van der Waals surface area contributed by atoms with Crippen LogP contribution in [0.5, 0.6) is 0 Å². The monoisotopic (exact) mass is 367 g/mol. The Bertz CT molecular complexity index is 582. The number of rotatable bonds is 6. The van der Waals surface area contributed by atoms with E-state index in [1.54, 1.807) is 6.92 Å². The summed E-state index contributed by atoms with van der Waals surface area (Å²) in [5.74, 6) is 1.26. The Labute approximate surface area is 152 Å². The van der Waals surface area contributed by atoms with E-state index in [2.05, 4.69) is 5.32 Å². The number of carboxylic acid groups (broad SMARTS) is 1. The van der Waals surface area contributed by atoms with E-state index < -0.39 is 11.5 Å². The third-order valence-corrected chi connectivity index (χ3v) is 7.48. The fourth-order valence-electron chi connectivity index (χ4n) is 2.51. The van der Waals surface area contributed by atoms with E-state index in [0.29, 0.717) is 10.1 Å². The van der Waals surface area contributed by atoms with Crippen molar-refractivity contribution in [1.82, 2.24) is 5.32 Å². The van der Waals surface area contributed by atoms with Gasteiger partial charge in [0.05, 0.1) is 16.5 Å². The minimum Gasteiger partial charge on any atom is -0.481 e. The van der Waals surface area contributed by atoms with Gasteiger partial charge < -0.3 is 10.4 Å². The van der Waals surface area contributed by atoms with Gasteiger partial charge in [0.1, 0.15) is 0 Å². The molecule has 1 aromatic carbocycles. The number of nitrogens with one attached hydrogen (secondary N) is 1. The van der Waals surface area contributed by atoms with Crippen molar-refractivity contribution in [2.24, 2.45) is 5.92 Å². The molecule has 1 heterocycles. The van der Waals surface area contributed by atoms with Crippen molar-refractivity contribution in [3.05, 3.63) is 35.4 Å². The van der Waals surface area contributed by atoms with E-state index in [0.717, 1.165) is 0 Å². The summed E-state index contributed by atoms with van der Waals surface area (Å²) in [4.78, 5) is 23.6. The lowest BCUT2D eigenvalue weighted by atomic mass is 9.85. The highest BCUT2D eigenvalue weighted by Gasteiger charge is 2.33. The maximum Gasteiger partial charge on any atom is 0.305 e. The first kappa shape index (κ1) is 19.2. The first-order valence-corrected chi connectivity index (χ1v) is 10.3. The number of thioether (sulfide) groups is 2. The van der Waals surface area contributed by atoms with Gasteiger partial charge in [-0.3, -0.25) is 9.59 Å². The van der Waals surface area contributed by atoms with E-state index in [4.69, 9.17) is 5.11 Å². The third kappa shape index (κ3) is 4.93. The topological polar surface area (TPSA) is 66.4 Å². The summed E-state index contributed by atoms with van der Waals surface area (Å²) in [5, 5.41) is 12.0. The Kier molecular flexibility index (Phi) is 6.63. The molecule has 2 rings (SSSR count). The number of carbonyl (C=O) groups excluding carboxylic acids is 1. The molecule has 0 bridgehead atoms. The van der Waals surface area contributed by atoms with Crippen molar-refractivity contribution in [2.75, 3.05) is 11.5 Å². The molecule has 6 heteroatoms. The van der Waals surface area contributed by atoms with Crippen LogP contribution in [0.25, 0.3) is 0 Å². The maximum atomic E-state index is 12.5. The van der Waals surface area contributed by atoms with Crippen LogP contribution in [0, 0.1) is 5.92 Å². The van der Waals surface area contributed by atoms with Gasteiger partial charge in [0.15, 0.2) is 0 Å². The highest BCUT2D eigenvalue weighted by Crippen LogP contribution is 2.43. The molecule has 132 valence electrons. The Morgan fingerprint density at radius 2 is 1.83 bits per heavy atom. The molecule has 1 aliphatic rings. The lowest BCUT2D eigenvalue weighted by molar-refractivity contribution is -0.138. The molecule has 0 aromatic heterocycles. The lowest BCUT2D eigenvalue weighted by Gasteiger charge is -2.33. The van der Waals surface area contributed by atoms with Crippen LogP contribution in [0.2, 0.25) is 0 Å². The van der Waals surface area contributed by atoms with Gasteiger partial charge >= 0.3 is 5.97 Å². The molecule has 24 heavy (non-hydrogen) atoms. The minimum absolute atomic E-state index is 0.0202. The van der Waals surface area contributed by atoms with Crippen LogP contribution in [0.15, 0.2) is 24.3 Å².